The zero-order chi connectivity index (χ0) is 14.8. The van der Waals surface area contributed by atoms with Crippen LogP contribution in [0.25, 0.3) is 0 Å². The van der Waals surface area contributed by atoms with Crippen LogP contribution in [0.3, 0.4) is 0 Å². The van der Waals surface area contributed by atoms with Crippen LogP contribution in [0.2, 0.25) is 0 Å². The minimum Gasteiger partial charge on any atom is -0.494 e. The van der Waals surface area contributed by atoms with Crippen LogP contribution in [-0.2, 0) is 4.79 Å². The first kappa shape index (κ1) is 16.5. The fourth-order valence-corrected chi connectivity index (χ4v) is 1.58. The van der Waals surface area contributed by atoms with Gasteiger partial charge in [0.15, 0.2) is 0 Å². The Morgan fingerprint density at radius 3 is 2.55 bits per heavy atom. The fourth-order valence-electron chi connectivity index (χ4n) is 1.58. The normalized spacial score (nSPS) is 12.2. The van der Waals surface area contributed by atoms with Gasteiger partial charge in [-0.3, -0.25) is 4.79 Å². The zero-order valence-electron chi connectivity index (χ0n) is 12.7. The van der Waals surface area contributed by atoms with Crippen LogP contribution in [0.1, 0.15) is 27.2 Å². The number of nitrogens with one attached hydrogen (secondary N) is 2. The maximum Gasteiger partial charge on any atom is 0.234 e. The van der Waals surface area contributed by atoms with Crippen molar-refractivity contribution in [2.45, 2.75) is 33.2 Å². The predicted molar refractivity (Wildman–Crippen MR) is 81.9 cm³/mol. The number of hydrogen-bond acceptors (Lipinski definition) is 3. The van der Waals surface area contributed by atoms with Crippen molar-refractivity contribution in [1.29, 1.82) is 0 Å². The van der Waals surface area contributed by atoms with Gasteiger partial charge in [-0.1, -0.05) is 32.0 Å². The summed E-state index contributed by atoms with van der Waals surface area (Å²) in [4.78, 5) is 11.6. The molecule has 1 rings (SSSR count). The van der Waals surface area contributed by atoms with E-state index in [0.717, 1.165) is 18.7 Å². The lowest BCUT2D eigenvalue weighted by Gasteiger charge is -2.17. The molecule has 0 aliphatic heterocycles. The molecule has 4 nitrogen and oxygen atoms in total. The molecule has 0 fully saturated rings. The summed E-state index contributed by atoms with van der Waals surface area (Å²) in [5, 5.41) is 6.09. The molecule has 112 valence electrons. The molecule has 0 heterocycles. The number of carbonyl (C=O) groups is 1. The van der Waals surface area contributed by atoms with Crippen molar-refractivity contribution < 1.29 is 9.53 Å². The number of rotatable bonds is 9. The molecule has 0 aliphatic rings. The lowest BCUT2D eigenvalue weighted by Crippen LogP contribution is -2.41. The van der Waals surface area contributed by atoms with Crippen molar-refractivity contribution in [3.63, 3.8) is 0 Å². The average Bonchev–Trinajstić information content (AvgIpc) is 2.43. The molecule has 1 amide bonds. The maximum atomic E-state index is 11.6. The van der Waals surface area contributed by atoms with Crippen molar-refractivity contribution in [1.82, 2.24) is 10.6 Å². The number of ether oxygens (including phenoxy) is 1. The Morgan fingerprint density at radius 1 is 1.20 bits per heavy atom. The summed E-state index contributed by atoms with van der Waals surface area (Å²) >= 11 is 0. The van der Waals surface area contributed by atoms with E-state index in [1.165, 1.54) is 0 Å². The third kappa shape index (κ3) is 7.14. The van der Waals surface area contributed by atoms with Crippen LogP contribution >= 0.6 is 0 Å². The van der Waals surface area contributed by atoms with E-state index in [1.54, 1.807) is 0 Å². The highest BCUT2D eigenvalue weighted by Crippen LogP contribution is 2.07. The van der Waals surface area contributed by atoms with Gasteiger partial charge in [0, 0.05) is 6.04 Å². The van der Waals surface area contributed by atoms with E-state index in [9.17, 15) is 4.79 Å². The molecule has 0 saturated carbocycles. The Balaban J connectivity index is 2.01. The maximum absolute atomic E-state index is 11.6. The first-order valence-electron chi connectivity index (χ1n) is 7.27. The molecule has 0 spiro atoms. The largest absolute Gasteiger partial charge is 0.494 e. The molecule has 1 aromatic rings. The lowest BCUT2D eigenvalue weighted by molar-refractivity contribution is -0.121. The monoisotopic (exact) mass is 278 g/mol. The van der Waals surface area contributed by atoms with Gasteiger partial charge in [-0.15, -0.1) is 0 Å². The van der Waals surface area contributed by atoms with Crippen LogP contribution in [0.5, 0.6) is 5.75 Å². The number of para-hydroxylation sites is 1. The first-order valence-corrected chi connectivity index (χ1v) is 7.27. The van der Waals surface area contributed by atoms with Gasteiger partial charge in [0.05, 0.1) is 13.2 Å². The summed E-state index contributed by atoms with van der Waals surface area (Å²) in [5.41, 5.74) is 0. The second-order valence-electron chi connectivity index (χ2n) is 5.29. The summed E-state index contributed by atoms with van der Waals surface area (Å²) in [6, 6.07) is 9.96. The highest BCUT2D eigenvalue weighted by Gasteiger charge is 2.09. The highest BCUT2D eigenvalue weighted by molar-refractivity contribution is 5.78. The molecule has 2 N–H and O–H groups in total. The number of amides is 1. The second kappa shape index (κ2) is 9.37. The van der Waals surface area contributed by atoms with E-state index >= 15 is 0 Å². The lowest BCUT2D eigenvalue weighted by atomic mass is 10.1. The molecule has 0 aliphatic carbocycles. The van der Waals surface area contributed by atoms with E-state index in [4.69, 9.17) is 4.74 Å². The molecular formula is C16H26N2O2. The van der Waals surface area contributed by atoms with Gasteiger partial charge in [0.2, 0.25) is 5.91 Å². The number of benzene rings is 1. The topological polar surface area (TPSA) is 50.4 Å². The molecule has 0 bridgehead atoms. The van der Waals surface area contributed by atoms with Gasteiger partial charge < -0.3 is 15.4 Å². The molecule has 0 radical (unpaired) electrons. The van der Waals surface area contributed by atoms with Crippen LogP contribution in [-0.4, -0.2) is 31.6 Å². The Morgan fingerprint density at radius 2 is 1.90 bits per heavy atom. The van der Waals surface area contributed by atoms with Crippen molar-refractivity contribution in [3.05, 3.63) is 30.3 Å². The summed E-state index contributed by atoms with van der Waals surface area (Å²) in [7, 11) is 0. The quantitative estimate of drug-likeness (QED) is 0.681. The molecular weight excluding hydrogens is 252 g/mol. The van der Waals surface area contributed by atoms with Gasteiger partial charge in [-0.2, -0.15) is 0 Å². The van der Waals surface area contributed by atoms with Gasteiger partial charge in [0.1, 0.15) is 5.75 Å². The number of carbonyl (C=O) groups excluding carboxylic acids is 1. The van der Waals surface area contributed by atoms with Crippen molar-refractivity contribution in [3.8, 4) is 5.75 Å². The smallest absolute Gasteiger partial charge is 0.234 e. The van der Waals surface area contributed by atoms with Gasteiger partial charge in [-0.25, -0.2) is 0 Å². The molecule has 0 saturated heterocycles. The Bertz CT molecular complexity index is 379. The first-order chi connectivity index (χ1) is 9.59. The van der Waals surface area contributed by atoms with Gasteiger partial charge in [0.25, 0.3) is 0 Å². The fraction of sp³-hybridized carbons (Fsp3) is 0.562. The summed E-state index contributed by atoms with van der Waals surface area (Å²) in [5.74, 6) is 1.39. The van der Waals surface area contributed by atoms with Crippen LogP contribution in [0.4, 0.5) is 0 Å². The summed E-state index contributed by atoms with van der Waals surface area (Å²) in [6.45, 7) is 8.01. The third-order valence-corrected chi connectivity index (χ3v) is 3.18. The Labute approximate surface area is 121 Å². The molecule has 20 heavy (non-hydrogen) atoms. The van der Waals surface area contributed by atoms with E-state index in [-0.39, 0.29) is 11.9 Å². The van der Waals surface area contributed by atoms with Crippen molar-refractivity contribution in [2.75, 3.05) is 19.7 Å². The average molecular weight is 278 g/mol. The third-order valence-electron chi connectivity index (χ3n) is 3.18. The molecule has 0 aromatic heterocycles. The minimum absolute atomic E-state index is 0.0511. The molecule has 4 heteroatoms. The van der Waals surface area contributed by atoms with E-state index in [1.807, 2.05) is 37.3 Å². The number of hydrogen-bond donors (Lipinski definition) is 2. The van der Waals surface area contributed by atoms with Gasteiger partial charge in [-0.05, 0) is 37.9 Å². The minimum atomic E-state index is 0.0511. The van der Waals surface area contributed by atoms with Gasteiger partial charge >= 0.3 is 0 Å². The Hall–Kier alpha value is -1.55. The zero-order valence-corrected chi connectivity index (χ0v) is 12.7. The second-order valence-corrected chi connectivity index (χ2v) is 5.29. The highest BCUT2D eigenvalue weighted by atomic mass is 16.5. The van der Waals surface area contributed by atoms with Crippen molar-refractivity contribution >= 4 is 5.91 Å². The van der Waals surface area contributed by atoms with Crippen molar-refractivity contribution in [2.24, 2.45) is 5.92 Å². The van der Waals surface area contributed by atoms with E-state index in [2.05, 4.69) is 24.5 Å². The standard InChI is InChI=1S/C16H26N2O2/c1-13(2)14(3)18-16(19)12-17-10-7-11-20-15-8-5-4-6-9-15/h4-6,8-9,13-14,17H,7,10-12H2,1-3H3,(H,18,19). The summed E-state index contributed by atoms with van der Waals surface area (Å²) in [6.07, 6.45) is 0.877. The SMILES string of the molecule is CC(C)C(C)NC(=O)CNCCCOc1ccccc1. The van der Waals surface area contributed by atoms with Crippen LogP contribution in [0.15, 0.2) is 30.3 Å². The molecule has 1 atom stereocenters. The van der Waals surface area contributed by atoms with E-state index in [0.29, 0.717) is 19.1 Å². The van der Waals surface area contributed by atoms with Crippen LogP contribution < -0.4 is 15.4 Å². The summed E-state index contributed by atoms with van der Waals surface area (Å²) < 4.78 is 5.57. The Kier molecular flexibility index (Phi) is 7.73. The molecule has 1 unspecified atom stereocenters. The molecule has 1 aromatic carbocycles. The van der Waals surface area contributed by atoms with Crippen LogP contribution in [0, 0.1) is 5.92 Å². The van der Waals surface area contributed by atoms with E-state index < -0.39 is 0 Å². The predicted octanol–water partition coefficient (Wildman–Crippen LogP) is 2.21.